The van der Waals surface area contributed by atoms with Crippen LogP contribution in [-0.2, 0) is 29.4 Å². The van der Waals surface area contributed by atoms with Crippen molar-refractivity contribution in [3.63, 3.8) is 0 Å². The van der Waals surface area contributed by atoms with Gasteiger partial charge in [0.1, 0.15) is 24.4 Å². The summed E-state index contributed by atoms with van der Waals surface area (Å²) >= 11 is 0. The molecule has 1 amide bonds. The lowest BCUT2D eigenvalue weighted by Crippen LogP contribution is -2.61. The number of anilines is 1. The number of nitrogens with one attached hydrogen (secondary N) is 1. The van der Waals surface area contributed by atoms with Gasteiger partial charge in [-0.3, -0.25) is 9.59 Å². The molecule has 0 aliphatic carbocycles. The maximum Gasteiger partial charge on any atom is 0.309 e. The van der Waals surface area contributed by atoms with E-state index in [-0.39, 0.29) is 6.61 Å². The molecule has 10 nitrogen and oxygen atoms in total. The number of fused-ring (bicyclic) bond motifs is 1. The van der Waals surface area contributed by atoms with E-state index < -0.39 is 61.2 Å². The molecule has 0 radical (unpaired) electrons. The first-order chi connectivity index (χ1) is 14.3. The van der Waals surface area contributed by atoms with Crippen molar-refractivity contribution < 1.29 is 44.2 Å². The normalized spacial score (nSPS) is 33.1. The smallest absolute Gasteiger partial charge is 0.309 e. The van der Waals surface area contributed by atoms with E-state index in [4.69, 9.17) is 14.2 Å². The second-order valence-corrected chi connectivity index (χ2v) is 7.39. The number of carbonyl (C=O) groups is 2. The monoisotopic (exact) mass is 425 g/mol. The summed E-state index contributed by atoms with van der Waals surface area (Å²) in [7, 11) is 0. The number of unbranched alkanes of at least 4 members (excludes halogenated alkanes) is 1. The van der Waals surface area contributed by atoms with Gasteiger partial charge in [-0.2, -0.15) is 0 Å². The number of benzene rings is 1. The summed E-state index contributed by atoms with van der Waals surface area (Å²) in [5, 5.41) is 42.4. The van der Waals surface area contributed by atoms with Gasteiger partial charge in [-0.15, -0.1) is 0 Å². The average molecular weight is 425 g/mol. The van der Waals surface area contributed by atoms with Crippen LogP contribution < -0.4 is 5.32 Å². The molecule has 10 heteroatoms. The van der Waals surface area contributed by atoms with E-state index in [2.05, 4.69) is 5.32 Å². The lowest BCUT2D eigenvalue weighted by molar-refractivity contribution is -0.323. The molecule has 1 saturated heterocycles. The number of para-hydroxylation sites is 1. The fourth-order valence-corrected chi connectivity index (χ4v) is 3.57. The van der Waals surface area contributed by atoms with E-state index in [1.165, 1.54) is 0 Å². The van der Waals surface area contributed by atoms with E-state index in [1.807, 2.05) is 6.92 Å². The number of aliphatic hydroxyl groups is 4. The molecule has 0 bridgehead atoms. The van der Waals surface area contributed by atoms with Gasteiger partial charge in [0.2, 0.25) is 0 Å². The van der Waals surface area contributed by atoms with Gasteiger partial charge in [0.15, 0.2) is 11.9 Å². The van der Waals surface area contributed by atoms with Crippen molar-refractivity contribution in [2.24, 2.45) is 0 Å². The fraction of sp³-hybridized carbons (Fsp3) is 0.600. The Bertz CT molecular complexity index is 770. The Morgan fingerprint density at radius 3 is 2.63 bits per heavy atom. The molecule has 5 N–H and O–H groups in total. The number of esters is 1. The van der Waals surface area contributed by atoms with Crippen molar-refractivity contribution >= 4 is 17.6 Å². The summed E-state index contributed by atoms with van der Waals surface area (Å²) in [4.78, 5) is 25.4. The Morgan fingerprint density at radius 2 is 1.93 bits per heavy atom. The van der Waals surface area contributed by atoms with Gasteiger partial charge in [0, 0.05) is 11.3 Å². The number of carbonyl (C=O) groups excluding carboxylic acids is 2. The third-order valence-electron chi connectivity index (χ3n) is 5.30. The van der Waals surface area contributed by atoms with Crippen LogP contribution in [-0.4, -0.2) is 76.2 Å². The Kier molecular flexibility index (Phi) is 7.06. The number of hydrogen-bond donors (Lipinski definition) is 5. The molecule has 3 rings (SSSR count). The number of rotatable bonds is 8. The zero-order chi connectivity index (χ0) is 21.9. The van der Waals surface area contributed by atoms with Crippen LogP contribution in [0.1, 0.15) is 31.7 Å². The van der Waals surface area contributed by atoms with Crippen molar-refractivity contribution in [2.45, 2.75) is 62.5 Å². The van der Waals surface area contributed by atoms with E-state index >= 15 is 0 Å². The molecule has 1 aromatic carbocycles. The molecule has 0 spiro atoms. The molecule has 2 heterocycles. The SMILES string of the molecule is CCCCOC(=O)C[C@@]1(O[C@@H]2O[C@H](CO)[C@@H](O)[C@H](O)[C@H]2O)C(=O)Nc2ccccc21. The minimum atomic E-state index is -1.88. The number of ether oxygens (including phenoxy) is 3. The van der Waals surface area contributed by atoms with Crippen molar-refractivity contribution in [3.05, 3.63) is 29.8 Å². The molecule has 1 aromatic rings. The summed E-state index contributed by atoms with van der Waals surface area (Å²) in [6.07, 6.45) is -6.81. The van der Waals surface area contributed by atoms with Crippen LogP contribution in [0, 0.1) is 0 Å². The van der Waals surface area contributed by atoms with Gasteiger partial charge in [-0.05, 0) is 12.5 Å². The number of amides is 1. The van der Waals surface area contributed by atoms with Crippen molar-refractivity contribution in [1.29, 1.82) is 0 Å². The molecule has 6 atom stereocenters. The first kappa shape index (κ1) is 22.6. The molecule has 166 valence electrons. The van der Waals surface area contributed by atoms with E-state index in [9.17, 15) is 30.0 Å². The highest BCUT2D eigenvalue weighted by Crippen LogP contribution is 2.43. The van der Waals surface area contributed by atoms with Crippen molar-refractivity contribution in [2.75, 3.05) is 18.5 Å². The zero-order valence-corrected chi connectivity index (χ0v) is 16.6. The van der Waals surface area contributed by atoms with E-state index in [0.29, 0.717) is 17.7 Å². The lowest BCUT2D eigenvalue weighted by atomic mass is 9.90. The predicted octanol–water partition coefficient (Wildman–Crippen LogP) is -0.616. The van der Waals surface area contributed by atoms with Crippen LogP contribution in [0.25, 0.3) is 0 Å². The largest absolute Gasteiger partial charge is 0.466 e. The Balaban J connectivity index is 1.91. The van der Waals surface area contributed by atoms with Crippen LogP contribution in [0.2, 0.25) is 0 Å². The Labute approximate surface area is 173 Å². The zero-order valence-electron chi connectivity index (χ0n) is 16.6. The van der Waals surface area contributed by atoms with E-state index in [1.54, 1.807) is 24.3 Å². The molecule has 2 aliphatic rings. The summed E-state index contributed by atoms with van der Waals surface area (Å²) in [6.45, 7) is 1.48. The molecule has 2 aliphatic heterocycles. The number of aliphatic hydroxyl groups excluding tert-OH is 4. The second-order valence-electron chi connectivity index (χ2n) is 7.39. The molecular weight excluding hydrogens is 398 g/mol. The molecular formula is C20H27NO9. The summed E-state index contributed by atoms with van der Waals surface area (Å²) in [6, 6.07) is 6.58. The molecule has 0 aromatic heterocycles. The summed E-state index contributed by atoms with van der Waals surface area (Å²) in [5.74, 6) is -1.34. The van der Waals surface area contributed by atoms with Gasteiger partial charge in [-0.25, -0.2) is 0 Å². The van der Waals surface area contributed by atoms with Crippen molar-refractivity contribution in [3.8, 4) is 0 Å². The van der Waals surface area contributed by atoms with Crippen LogP contribution in [0.4, 0.5) is 5.69 Å². The highest BCUT2D eigenvalue weighted by atomic mass is 16.7. The summed E-state index contributed by atoms with van der Waals surface area (Å²) < 4.78 is 16.4. The highest BCUT2D eigenvalue weighted by Gasteiger charge is 2.55. The minimum absolute atomic E-state index is 0.189. The maximum absolute atomic E-state index is 13.0. The molecule has 30 heavy (non-hydrogen) atoms. The van der Waals surface area contributed by atoms with Gasteiger partial charge in [0.25, 0.3) is 5.91 Å². The van der Waals surface area contributed by atoms with E-state index in [0.717, 1.165) is 6.42 Å². The fourth-order valence-electron chi connectivity index (χ4n) is 3.57. The van der Waals surface area contributed by atoms with Gasteiger partial charge in [-0.1, -0.05) is 31.5 Å². The molecule has 1 fully saturated rings. The third-order valence-corrected chi connectivity index (χ3v) is 5.30. The Morgan fingerprint density at radius 1 is 1.20 bits per heavy atom. The Hall–Kier alpha value is -2.08. The van der Waals surface area contributed by atoms with Crippen LogP contribution in [0.3, 0.4) is 0 Å². The molecule has 0 saturated carbocycles. The standard InChI is InChI=1S/C20H27NO9/c1-2-3-8-28-14(23)9-20(11-6-4-5-7-12(11)21-19(20)27)30-18-17(26)16(25)15(24)13(10-22)29-18/h4-7,13,15-18,22,24-26H,2-3,8-10H2,1H3,(H,21,27)/t13-,15-,16+,17-,18+,20+/m1/s1. The lowest BCUT2D eigenvalue weighted by Gasteiger charge is -2.42. The minimum Gasteiger partial charge on any atom is -0.466 e. The van der Waals surface area contributed by atoms with Gasteiger partial charge in [0.05, 0.1) is 19.6 Å². The highest BCUT2D eigenvalue weighted by molar-refractivity contribution is 6.06. The second kappa shape index (κ2) is 9.38. The maximum atomic E-state index is 13.0. The first-order valence-electron chi connectivity index (χ1n) is 9.89. The van der Waals surface area contributed by atoms with Crippen molar-refractivity contribution in [1.82, 2.24) is 0 Å². The quantitative estimate of drug-likeness (QED) is 0.271. The number of hydrogen-bond acceptors (Lipinski definition) is 9. The molecule has 0 unspecified atom stereocenters. The first-order valence-corrected chi connectivity index (χ1v) is 9.89. The van der Waals surface area contributed by atoms with Crippen LogP contribution >= 0.6 is 0 Å². The van der Waals surface area contributed by atoms with Crippen LogP contribution in [0.15, 0.2) is 24.3 Å². The van der Waals surface area contributed by atoms with Gasteiger partial charge < -0.3 is 40.0 Å². The van der Waals surface area contributed by atoms with Crippen LogP contribution in [0.5, 0.6) is 0 Å². The third kappa shape index (κ3) is 4.20. The topological polar surface area (TPSA) is 155 Å². The predicted molar refractivity (Wildman–Crippen MR) is 102 cm³/mol. The summed E-state index contributed by atoms with van der Waals surface area (Å²) in [5.41, 5.74) is -1.11. The van der Waals surface area contributed by atoms with Gasteiger partial charge >= 0.3 is 5.97 Å². The average Bonchev–Trinajstić information content (AvgIpc) is 3.00.